The van der Waals surface area contributed by atoms with Crippen LogP contribution < -0.4 is 11.1 Å². The van der Waals surface area contributed by atoms with E-state index in [1.165, 1.54) is 22.3 Å². The Kier molecular flexibility index (Phi) is 5.96. The minimum absolute atomic E-state index is 0.682. The third-order valence-corrected chi connectivity index (χ3v) is 4.08. The number of nitrogens with two attached hydrogens (primary N) is 1. The van der Waals surface area contributed by atoms with Gasteiger partial charge in [0.1, 0.15) is 0 Å². The molecule has 1 aromatic heterocycles. The molecule has 3 heteroatoms. The molecular formula is C22H23N3. The van der Waals surface area contributed by atoms with Gasteiger partial charge in [0.2, 0.25) is 0 Å². The lowest BCUT2D eigenvalue weighted by Crippen LogP contribution is -2.03. The van der Waals surface area contributed by atoms with Gasteiger partial charge in [-0.25, -0.2) is 0 Å². The molecule has 3 N–H and O–H groups in total. The maximum atomic E-state index is 5.59. The number of rotatable bonds is 7. The van der Waals surface area contributed by atoms with Crippen molar-refractivity contribution in [2.75, 3.05) is 18.4 Å². The van der Waals surface area contributed by atoms with E-state index in [1.807, 2.05) is 30.6 Å². The Balaban J connectivity index is 1.75. The minimum Gasteiger partial charge on any atom is -0.382 e. The van der Waals surface area contributed by atoms with E-state index in [0.717, 1.165) is 18.7 Å². The second-order valence-corrected chi connectivity index (χ2v) is 5.84. The predicted molar refractivity (Wildman–Crippen MR) is 105 cm³/mol. The summed E-state index contributed by atoms with van der Waals surface area (Å²) >= 11 is 0. The van der Waals surface area contributed by atoms with Gasteiger partial charge in [-0.05, 0) is 59.5 Å². The van der Waals surface area contributed by atoms with Crippen LogP contribution in [-0.4, -0.2) is 18.1 Å². The molecule has 3 rings (SSSR count). The number of hydrogen-bond donors (Lipinski definition) is 2. The number of pyridine rings is 1. The number of nitrogens with zero attached hydrogens (tertiary/aromatic N) is 1. The van der Waals surface area contributed by atoms with E-state index in [0.29, 0.717) is 6.54 Å². The molecule has 0 aliphatic heterocycles. The van der Waals surface area contributed by atoms with Crippen molar-refractivity contribution in [1.29, 1.82) is 0 Å². The first-order valence-electron chi connectivity index (χ1n) is 8.55. The molecule has 0 radical (unpaired) electrons. The average molecular weight is 329 g/mol. The average Bonchev–Trinajstić information content (AvgIpc) is 2.68. The van der Waals surface area contributed by atoms with E-state index in [9.17, 15) is 0 Å². The number of benzene rings is 2. The van der Waals surface area contributed by atoms with Crippen LogP contribution >= 0.6 is 0 Å². The smallest absolute Gasteiger partial charge is 0.0342 e. The van der Waals surface area contributed by atoms with E-state index in [1.54, 1.807) is 0 Å². The van der Waals surface area contributed by atoms with Crippen molar-refractivity contribution in [3.8, 4) is 0 Å². The number of hydrogen-bond acceptors (Lipinski definition) is 3. The third kappa shape index (κ3) is 4.78. The normalized spacial score (nSPS) is 11.3. The Morgan fingerprint density at radius 1 is 0.880 bits per heavy atom. The number of anilines is 1. The molecule has 0 atom stereocenters. The van der Waals surface area contributed by atoms with Crippen LogP contribution in [0.25, 0.3) is 5.57 Å². The Labute approximate surface area is 149 Å². The van der Waals surface area contributed by atoms with Crippen molar-refractivity contribution < 1.29 is 0 Å². The van der Waals surface area contributed by atoms with Crippen molar-refractivity contribution in [1.82, 2.24) is 4.98 Å². The molecule has 0 saturated carbocycles. The summed E-state index contributed by atoms with van der Waals surface area (Å²) in [6.07, 6.45) is 6.80. The lowest BCUT2D eigenvalue weighted by Gasteiger charge is -2.10. The molecule has 0 amide bonds. The lowest BCUT2D eigenvalue weighted by atomic mass is 9.98. The zero-order chi connectivity index (χ0) is 17.3. The first-order chi connectivity index (χ1) is 12.4. The van der Waals surface area contributed by atoms with Gasteiger partial charge in [-0.15, -0.1) is 0 Å². The van der Waals surface area contributed by atoms with Gasteiger partial charge in [0.25, 0.3) is 0 Å². The summed E-state index contributed by atoms with van der Waals surface area (Å²) in [5.74, 6) is 0. The molecule has 25 heavy (non-hydrogen) atoms. The quantitative estimate of drug-likeness (QED) is 0.685. The highest BCUT2D eigenvalue weighted by Gasteiger charge is 2.04. The second-order valence-electron chi connectivity index (χ2n) is 5.84. The number of aromatic nitrogens is 1. The Bertz CT molecular complexity index is 752. The molecule has 0 spiro atoms. The highest BCUT2D eigenvalue weighted by Crippen LogP contribution is 2.22. The van der Waals surface area contributed by atoms with Crippen LogP contribution in [0.1, 0.15) is 16.7 Å². The summed E-state index contributed by atoms with van der Waals surface area (Å²) in [7, 11) is 0. The van der Waals surface area contributed by atoms with Gasteiger partial charge >= 0.3 is 0 Å². The van der Waals surface area contributed by atoms with Crippen LogP contribution in [0, 0.1) is 0 Å². The molecule has 0 aliphatic rings. The molecule has 2 aromatic carbocycles. The fourth-order valence-corrected chi connectivity index (χ4v) is 2.78. The van der Waals surface area contributed by atoms with Gasteiger partial charge in [0, 0.05) is 24.6 Å². The monoisotopic (exact) mass is 329 g/mol. The summed E-state index contributed by atoms with van der Waals surface area (Å²) in [6, 6.07) is 23.0. The standard InChI is InChI=1S/C22H23N3/c23-14-10-18-6-8-21(9-7-18)25-17-13-22(19-4-2-1-3-5-19)20-11-15-24-16-12-20/h1-9,11-13,15-16,25H,10,14,17,23H2/b22-13-. The van der Waals surface area contributed by atoms with E-state index < -0.39 is 0 Å². The fraction of sp³-hybridized carbons (Fsp3) is 0.136. The zero-order valence-corrected chi connectivity index (χ0v) is 14.2. The van der Waals surface area contributed by atoms with Crippen LogP contribution in [0.2, 0.25) is 0 Å². The Hall–Kier alpha value is -2.91. The third-order valence-electron chi connectivity index (χ3n) is 4.08. The molecule has 0 unspecified atom stereocenters. The Morgan fingerprint density at radius 3 is 2.24 bits per heavy atom. The molecule has 1 heterocycles. The molecular weight excluding hydrogens is 306 g/mol. The summed E-state index contributed by atoms with van der Waals surface area (Å²) in [5.41, 5.74) is 11.5. The molecule has 0 saturated heterocycles. The van der Waals surface area contributed by atoms with Crippen molar-refractivity contribution in [3.63, 3.8) is 0 Å². The van der Waals surface area contributed by atoms with Gasteiger partial charge in [0.05, 0.1) is 0 Å². The predicted octanol–water partition coefficient (Wildman–Crippen LogP) is 4.13. The van der Waals surface area contributed by atoms with Crippen LogP contribution in [0.4, 0.5) is 5.69 Å². The highest BCUT2D eigenvalue weighted by atomic mass is 14.9. The lowest BCUT2D eigenvalue weighted by molar-refractivity contribution is 0.969. The SMILES string of the molecule is NCCc1ccc(NC/C=C(/c2ccccc2)c2ccncc2)cc1. The van der Waals surface area contributed by atoms with Crippen molar-refractivity contribution >= 4 is 11.3 Å². The van der Waals surface area contributed by atoms with Gasteiger partial charge in [-0.3, -0.25) is 4.98 Å². The summed E-state index contributed by atoms with van der Waals surface area (Å²) < 4.78 is 0. The molecule has 0 bridgehead atoms. The van der Waals surface area contributed by atoms with Crippen molar-refractivity contribution in [3.05, 3.63) is 102 Å². The Morgan fingerprint density at radius 2 is 1.56 bits per heavy atom. The highest BCUT2D eigenvalue weighted by molar-refractivity contribution is 5.79. The van der Waals surface area contributed by atoms with Gasteiger partial charge < -0.3 is 11.1 Å². The second kappa shape index (κ2) is 8.81. The van der Waals surface area contributed by atoms with Gasteiger partial charge in [-0.2, -0.15) is 0 Å². The van der Waals surface area contributed by atoms with Crippen LogP contribution in [-0.2, 0) is 6.42 Å². The van der Waals surface area contributed by atoms with E-state index >= 15 is 0 Å². The molecule has 3 aromatic rings. The first kappa shape index (κ1) is 16.9. The van der Waals surface area contributed by atoms with E-state index in [4.69, 9.17) is 5.73 Å². The zero-order valence-electron chi connectivity index (χ0n) is 14.2. The van der Waals surface area contributed by atoms with Crippen molar-refractivity contribution in [2.45, 2.75) is 6.42 Å². The minimum atomic E-state index is 0.682. The van der Waals surface area contributed by atoms with Crippen molar-refractivity contribution in [2.24, 2.45) is 5.73 Å². The van der Waals surface area contributed by atoms with E-state index in [2.05, 4.69) is 64.9 Å². The molecule has 126 valence electrons. The van der Waals surface area contributed by atoms with Gasteiger partial charge in [-0.1, -0.05) is 48.5 Å². The molecule has 0 aliphatic carbocycles. The van der Waals surface area contributed by atoms with Crippen LogP contribution in [0.15, 0.2) is 85.2 Å². The molecule has 0 fully saturated rings. The largest absolute Gasteiger partial charge is 0.382 e. The summed E-state index contributed by atoms with van der Waals surface area (Å²) in [5, 5.41) is 3.46. The van der Waals surface area contributed by atoms with Crippen LogP contribution in [0.3, 0.4) is 0 Å². The fourth-order valence-electron chi connectivity index (χ4n) is 2.78. The van der Waals surface area contributed by atoms with Crippen LogP contribution in [0.5, 0.6) is 0 Å². The maximum absolute atomic E-state index is 5.59. The topological polar surface area (TPSA) is 50.9 Å². The first-order valence-corrected chi connectivity index (χ1v) is 8.55. The van der Waals surface area contributed by atoms with E-state index in [-0.39, 0.29) is 0 Å². The maximum Gasteiger partial charge on any atom is 0.0342 e. The molecule has 3 nitrogen and oxygen atoms in total. The van der Waals surface area contributed by atoms with Gasteiger partial charge in [0.15, 0.2) is 0 Å². The summed E-state index contributed by atoms with van der Waals surface area (Å²) in [6.45, 7) is 1.44. The summed E-state index contributed by atoms with van der Waals surface area (Å²) in [4.78, 5) is 4.12. The number of nitrogens with one attached hydrogen (secondary N) is 1.